The van der Waals surface area contributed by atoms with Crippen molar-refractivity contribution in [2.75, 3.05) is 11.4 Å². The molecule has 5 nitrogen and oxygen atoms in total. The van der Waals surface area contributed by atoms with Gasteiger partial charge < -0.3 is 9.47 Å². The Morgan fingerprint density at radius 3 is 2.27 bits per heavy atom. The molecule has 5 heteroatoms. The van der Waals surface area contributed by atoms with Crippen LogP contribution in [-0.4, -0.2) is 33.9 Å². The Bertz CT molecular complexity index is 1080. The van der Waals surface area contributed by atoms with E-state index >= 15 is 0 Å². The molecule has 1 aliphatic rings. The van der Waals surface area contributed by atoms with E-state index in [4.69, 9.17) is 0 Å². The van der Waals surface area contributed by atoms with E-state index in [1.54, 1.807) is 4.90 Å². The van der Waals surface area contributed by atoms with Gasteiger partial charge in [-0.05, 0) is 50.6 Å². The molecule has 30 heavy (non-hydrogen) atoms. The molecule has 1 aromatic heterocycles. The average molecular weight is 402 g/mol. The second-order valence-corrected chi connectivity index (χ2v) is 8.11. The van der Waals surface area contributed by atoms with Crippen molar-refractivity contribution in [3.8, 4) is 5.69 Å². The lowest BCUT2D eigenvalue weighted by Crippen LogP contribution is -2.48. The van der Waals surface area contributed by atoms with Crippen molar-refractivity contribution in [1.29, 1.82) is 0 Å². The number of carbonyl (C=O) groups excluding carboxylic acids is 2. The van der Waals surface area contributed by atoms with Gasteiger partial charge in [-0.25, -0.2) is 0 Å². The van der Waals surface area contributed by atoms with Gasteiger partial charge in [0, 0.05) is 19.2 Å². The number of hydrogen-bond acceptors (Lipinski definition) is 2. The predicted octanol–water partition coefficient (Wildman–Crippen LogP) is 4.48. The molecule has 0 spiro atoms. The number of para-hydroxylation sites is 2. The van der Waals surface area contributed by atoms with E-state index < -0.39 is 0 Å². The van der Waals surface area contributed by atoms with Gasteiger partial charge in [-0.3, -0.25) is 14.5 Å². The summed E-state index contributed by atoms with van der Waals surface area (Å²) in [5, 5.41) is 0. The molecular weight excluding hydrogens is 374 g/mol. The van der Waals surface area contributed by atoms with E-state index in [2.05, 4.69) is 41.8 Å². The van der Waals surface area contributed by atoms with Gasteiger partial charge in [0.2, 0.25) is 11.8 Å². The van der Waals surface area contributed by atoms with Crippen LogP contribution in [0.2, 0.25) is 0 Å². The third-order valence-corrected chi connectivity index (χ3v) is 5.71. The smallest absolute Gasteiger partial charge is 0.247 e. The van der Waals surface area contributed by atoms with Gasteiger partial charge in [0.25, 0.3) is 0 Å². The Hall–Kier alpha value is -3.34. The molecule has 1 atom stereocenters. The fourth-order valence-corrected chi connectivity index (χ4v) is 4.21. The van der Waals surface area contributed by atoms with E-state index in [1.165, 1.54) is 12.5 Å². The van der Waals surface area contributed by atoms with Crippen LogP contribution in [0.5, 0.6) is 0 Å². The molecule has 2 aromatic carbocycles. The van der Waals surface area contributed by atoms with E-state index in [1.807, 2.05) is 55.3 Å². The summed E-state index contributed by atoms with van der Waals surface area (Å²) in [6.45, 7) is 7.48. The number of rotatable bonds is 4. The maximum atomic E-state index is 13.7. The quantitative estimate of drug-likeness (QED) is 0.647. The Morgan fingerprint density at radius 1 is 0.967 bits per heavy atom. The number of nitrogens with zero attached hydrogens (tertiary/aromatic N) is 3. The van der Waals surface area contributed by atoms with Crippen molar-refractivity contribution >= 4 is 17.5 Å². The van der Waals surface area contributed by atoms with E-state index in [-0.39, 0.29) is 30.4 Å². The zero-order valence-corrected chi connectivity index (χ0v) is 17.9. The number of benzene rings is 2. The highest BCUT2D eigenvalue weighted by molar-refractivity contribution is 6.00. The molecule has 0 radical (unpaired) electrons. The SMILES string of the molecule is CC(=O)N(CC(=O)N1c2ccccc2-n2cccc2C1c1ccc(C)cc1)C(C)C. The number of carbonyl (C=O) groups is 2. The first kappa shape index (κ1) is 20.0. The molecule has 1 aliphatic heterocycles. The van der Waals surface area contributed by atoms with Crippen molar-refractivity contribution in [3.63, 3.8) is 0 Å². The van der Waals surface area contributed by atoms with Crippen LogP contribution in [0.3, 0.4) is 0 Å². The molecule has 2 amide bonds. The van der Waals surface area contributed by atoms with Crippen molar-refractivity contribution in [2.24, 2.45) is 0 Å². The summed E-state index contributed by atoms with van der Waals surface area (Å²) in [6, 6.07) is 20.0. The number of aryl methyl sites for hydroxylation is 1. The van der Waals surface area contributed by atoms with Crippen molar-refractivity contribution in [3.05, 3.63) is 83.7 Å². The molecule has 0 bridgehead atoms. The van der Waals surface area contributed by atoms with Gasteiger partial charge >= 0.3 is 0 Å². The first-order valence-electron chi connectivity index (χ1n) is 10.3. The Labute approximate surface area is 177 Å². The number of anilines is 1. The Kier molecular flexibility index (Phi) is 5.20. The summed E-state index contributed by atoms with van der Waals surface area (Å²) in [6.07, 6.45) is 2.03. The van der Waals surface area contributed by atoms with Gasteiger partial charge in [0.1, 0.15) is 12.6 Å². The van der Waals surface area contributed by atoms with Crippen molar-refractivity contribution < 1.29 is 9.59 Å². The van der Waals surface area contributed by atoms with Gasteiger partial charge in [-0.2, -0.15) is 0 Å². The van der Waals surface area contributed by atoms with Crippen LogP contribution >= 0.6 is 0 Å². The largest absolute Gasteiger partial charge is 0.331 e. The topological polar surface area (TPSA) is 45.6 Å². The molecule has 4 rings (SSSR count). The lowest BCUT2D eigenvalue weighted by molar-refractivity contribution is -0.135. The Balaban J connectivity index is 1.85. The summed E-state index contributed by atoms with van der Waals surface area (Å²) in [5.41, 5.74) is 5.06. The highest BCUT2D eigenvalue weighted by atomic mass is 16.2. The van der Waals surface area contributed by atoms with Crippen molar-refractivity contribution in [1.82, 2.24) is 9.47 Å². The summed E-state index contributed by atoms with van der Waals surface area (Å²) >= 11 is 0. The zero-order valence-electron chi connectivity index (χ0n) is 17.9. The maximum Gasteiger partial charge on any atom is 0.247 e. The lowest BCUT2D eigenvalue weighted by atomic mass is 9.97. The number of hydrogen-bond donors (Lipinski definition) is 0. The Morgan fingerprint density at radius 2 is 1.63 bits per heavy atom. The average Bonchev–Trinajstić information content (AvgIpc) is 3.21. The van der Waals surface area contributed by atoms with Crippen LogP contribution in [0, 0.1) is 6.92 Å². The molecular formula is C25H27N3O2. The third-order valence-electron chi connectivity index (χ3n) is 5.71. The minimum Gasteiger partial charge on any atom is -0.331 e. The fraction of sp³-hybridized carbons (Fsp3) is 0.280. The minimum atomic E-state index is -0.260. The van der Waals surface area contributed by atoms with Crippen LogP contribution in [0.15, 0.2) is 66.9 Å². The van der Waals surface area contributed by atoms with Crippen molar-refractivity contribution in [2.45, 2.75) is 39.8 Å². The van der Waals surface area contributed by atoms with Crippen LogP contribution in [0.25, 0.3) is 5.69 Å². The summed E-state index contributed by atoms with van der Waals surface area (Å²) in [4.78, 5) is 29.3. The zero-order chi connectivity index (χ0) is 21.4. The first-order chi connectivity index (χ1) is 14.4. The van der Waals surface area contributed by atoms with Gasteiger partial charge in [0.05, 0.1) is 17.1 Å². The molecule has 0 saturated heterocycles. The predicted molar refractivity (Wildman–Crippen MR) is 119 cm³/mol. The number of fused-ring (bicyclic) bond motifs is 3. The molecule has 1 unspecified atom stereocenters. The minimum absolute atomic E-state index is 0.0460. The van der Waals surface area contributed by atoms with E-state index in [0.717, 1.165) is 22.6 Å². The number of amides is 2. The molecule has 154 valence electrons. The number of aromatic nitrogens is 1. The van der Waals surface area contributed by atoms with Crippen LogP contribution in [0.4, 0.5) is 5.69 Å². The molecule has 2 heterocycles. The van der Waals surface area contributed by atoms with Crippen LogP contribution in [0.1, 0.15) is 43.6 Å². The maximum absolute atomic E-state index is 13.7. The highest BCUT2D eigenvalue weighted by Crippen LogP contribution is 2.42. The highest BCUT2D eigenvalue weighted by Gasteiger charge is 2.36. The molecule has 0 saturated carbocycles. The molecule has 0 aliphatic carbocycles. The molecule has 3 aromatic rings. The summed E-state index contributed by atoms with van der Waals surface area (Å²) in [5.74, 6) is -0.191. The monoisotopic (exact) mass is 401 g/mol. The normalized spacial score (nSPS) is 15.0. The second kappa shape index (κ2) is 7.82. The molecule has 0 fully saturated rings. The van der Waals surface area contributed by atoms with Gasteiger partial charge in [0.15, 0.2) is 0 Å². The van der Waals surface area contributed by atoms with Gasteiger partial charge in [-0.1, -0.05) is 42.0 Å². The third kappa shape index (κ3) is 3.41. The lowest BCUT2D eigenvalue weighted by Gasteiger charge is -2.40. The standard InChI is InChI=1S/C25H27N3O2/c1-17(2)27(19(4)29)16-24(30)28-22-9-6-5-8-21(22)26-15-7-10-23(26)25(28)20-13-11-18(3)12-14-20/h5-15,17,25H,16H2,1-4H3. The second-order valence-electron chi connectivity index (χ2n) is 8.11. The molecule has 0 N–H and O–H groups in total. The van der Waals surface area contributed by atoms with Crippen LogP contribution in [-0.2, 0) is 9.59 Å². The first-order valence-corrected chi connectivity index (χ1v) is 10.3. The van der Waals surface area contributed by atoms with E-state index in [9.17, 15) is 9.59 Å². The van der Waals surface area contributed by atoms with E-state index in [0.29, 0.717) is 0 Å². The summed E-state index contributed by atoms with van der Waals surface area (Å²) in [7, 11) is 0. The fourth-order valence-electron chi connectivity index (χ4n) is 4.21. The van der Waals surface area contributed by atoms with Crippen LogP contribution < -0.4 is 4.90 Å². The summed E-state index contributed by atoms with van der Waals surface area (Å²) < 4.78 is 2.15. The van der Waals surface area contributed by atoms with Gasteiger partial charge in [-0.15, -0.1) is 0 Å².